The predicted octanol–water partition coefficient (Wildman–Crippen LogP) is 4.07. The van der Waals surface area contributed by atoms with E-state index in [1.807, 2.05) is 72.8 Å². The molecule has 1 fully saturated rings. The smallest absolute Gasteiger partial charge is 0.224 e. The fraction of sp³-hybridized carbons (Fsp3) is 0.310. The highest BCUT2D eigenvalue weighted by Gasteiger charge is 2.18. The molecule has 3 N–H and O–H groups in total. The van der Waals surface area contributed by atoms with E-state index < -0.39 is 0 Å². The van der Waals surface area contributed by atoms with Crippen molar-refractivity contribution >= 4 is 17.3 Å². The van der Waals surface area contributed by atoms with Crippen molar-refractivity contribution in [2.45, 2.75) is 26.1 Å². The van der Waals surface area contributed by atoms with E-state index in [0.29, 0.717) is 30.0 Å². The second kappa shape index (κ2) is 13.4. The summed E-state index contributed by atoms with van der Waals surface area (Å²) in [6, 6.07) is 25.3. The summed E-state index contributed by atoms with van der Waals surface area (Å²) >= 11 is 0. The first-order valence-corrected chi connectivity index (χ1v) is 12.5. The number of rotatable bonds is 11. The summed E-state index contributed by atoms with van der Waals surface area (Å²) in [6.45, 7) is 5.15. The lowest BCUT2D eigenvalue weighted by molar-refractivity contribution is -0.116. The number of carbonyl (C=O) groups is 1. The molecule has 0 aromatic heterocycles. The number of piperazine rings is 1. The molecule has 192 valence electrons. The molecule has 1 aliphatic heterocycles. The largest absolute Gasteiger partial charge is 0.487 e. The molecule has 0 radical (unpaired) electrons. The normalized spacial score (nSPS) is 13.7. The first-order chi connectivity index (χ1) is 18.2. The average molecular weight is 500 g/mol. The van der Waals surface area contributed by atoms with Gasteiger partial charge in [-0.1, -0.05) is 42.5 Å². The Balaban J connectivity index is 1.26. The monoisotopic (exact) mass is 499 g/mol. The SMILES string of the molecule is N#Cc1ccc(N2CCN(CCCC(=O)Nc3c(CON)cccc3OCc3ccccc3)CC2)cc1. The highest BCUT2D eigenvalue weighted by Crippen LogP contribution is 2.30. The lowest BCUT2D eigenvalue weighted by Gasteiger charge is -2.36. The van der Waals surface area contributed by atoms with E-state index in [0.717, 1.165) is 56.0 Å². The van der Waals surface area contributed by atoms with Crippen molar-refractivity contribution in [2.24, 2.45) is 5.90 Å². The Morgan fingerprint density at radius 3 is 2.41 bits per heavy atom. The van der Waals surface area contributed by atoms with Gasteiger partial charge in [-0.05, 0) is 48.9 Å². The van der Waals surface area contributed by atoms with Gasteiger partial charge in [0.05, 0.1) is 23.9 Å². The van der Waals surface area contributed by atoms with Gasteiger partial charge in [0.1, 0.15) is 12.4 Å². The maximum absolute atomic E-state index is 12.8. The van der Waals surface area contributed by atoms with Crippen molar-refractivity contribution in [1.82, 2.24) is 4.90 Å². The van der Waals surface area contributed by atoms with Crippen LogP contribution in [0.4, 0.5) is 11.4 Å². The molecule has 0 unspecified atom stereocenters. The van der Waals surface area contributed by atoms with Gasteiger partial charge in [0.15, 0.2) is 0 Å². The van der Waals surface area contributed by atoms with E-state index in [4.69, 9.17) is 20.7 Å². The van der Waals surface area contributed by atoms with Gasteiger partial charge < -0.3 is 15.0 Å². The molecule has 3 aromatic rings. The zero-order valence-electron chi connectivity index (χ0n) is 20.9. The standard InChI is InChI=1S/C29H33N5O3/c30-20-23-11-13-26(14-12-23)34-18-16-33(17-19-34)15-5-10-28(35)32-29-25(22-37-31)8-4-9-27(29)36-21-24-6-2-1-3-7-24/h1-4,6-9,11-14H,5,10,15-19,21-22,31H2,(H,32,35). The maximum atomic E-state index is 12.8. The molecule has 0 atom stereocenters. The number of ether oxygens (including phenoxy) is 1. The minimum Gasteiger partial charge on any atom is -0.487 e. The number of nitrogens with two attached hydrogens (primary N) is 1. The Labute approximate surface area is 218 Å². The van der Waals surface area contributed by atoms with Crippen molar-refractivity contribution in [3.63, 3.8) is 0 Å². The predicted molar refractivity (Wildman–Crippen MR) is 144 cm³/mol. The number of nitrogens with zero attached hydrogens (tertiary/aromatic N) is 3. The fourth-order valence-corrected chi connectivity index (χ4v) is 4.43. The van der Waals surface area contributed by atoms with Crippen molar-refractivity contribution in [3.8, 4) is 11.8 Å². The van der Waals surface area contributed by atoms with Crippen LogP contribution in [0.15, 0.2) is 72.8 Å². The summed E-state index contributed by atoms with van der Waals surface area (Å²) in [4.78, 5) is 22.4. The zero-order chi connectivity index (χ0) is 25.9. The van der Waals surface area contributed by atoms with Crippen LogP contribution in [-0.2, 0) is 22.8 Å². The van der Waals surface area contributed by atoms with Crippen LogP contribution in [0.25, 0.3) is 0 Å². The van der Waals surface area contributed by atoms with Gasteiger partial charge >= 0.3 is 0 Å². The van der Waals surface area contributed by atoms with E-state index in [1.165, 1.54) is 0 Å². The lowest BCUT2D eigenvalue weighted by atomic mass is 10.1. The van der Waals surface area contributed by atoms with Crippen molar-refractivity contribution in [3.05, 3.63) is 89.5 Å². The van der Waals surface area contributed by atoms with Gasteiger partial charge in [-0.2, -0.15) is 5.26 Å². The second-order valence-electron chi connectivity index (χ2n) is 9.01. The Hall–Kier alpha value is -3.90. The number of anilines is 2. The molecule has 0 aliphatic carbocycles. The molecule has 37 heavy (non-hydrogen) atoms. The topological polar surface area (TPSA) is 104 Å². The average Bonchev–Trinajstić information content (AvgIpc) is 2.94. The van der Waals surface area contributed by atoms with Gasteiger partial charge in [-0.25, -0.2) is 5.90 Å². The summed E-state index contributed by atoms with van der Waals surface area (Å²) in [5.41, 5.74) is 4.22. The molecular formula is C29H33N5O3. The second-order valence-corrected chi connectivity index (χ2v) is 9.01. The summed E-state index contributed by atoms with van der Waals surface area (Å²) in [7, 11) is 0. The third-order valence-electron chi connectivity index (χ3n) is 6.46. The number of para-hydroxylation sites is 1. The summed E-state index contributed by atoms with van der Waals surface area (Å²) in [5, 5.41) is 12.0. The van der Waals surface area contributed by atoms with Crippen LogP contribution in [0.1, 0.15) is 29.5 Å². The number of benzene rings is 3. The molecule has 0 saturated carbocycles. The Morgan fingerprint density at radius 1 is 0.946 bits per heavy atom. The summed E-state index contributed by atoms with van der Waals surface area (Å²) in [6.07, 6.45) is 1.17. The molecule has 1 heterocycles. The number of amides is 1. The number of hydrogen-bond donors (Lipinski definition) is 2. The molecule has 0 bridgehead atoms. The van der Waals surface area contributed by atoms with E-state index in [9.17, 15) is 4.79 Å². The van der Waals surface area contributed by atoms with Crippen LogP contribution in [0, 0.1) is 11.3 Å². The fourth-order valence-electron chi connectivity index (χ4n) is 4.43. The van der Waals surface area contributed by atoms with E-state index in [1.54, 1.807) is 0 Å². The zero-order valence-corrected chi connectivity index (χ0v) is 20.9. The van der Waals surface area contributed by atoms with Crippen molar-refractivity contribution in [2.75, 3.05) is 42.9 Å². The van der Waals surface area contributed by atoms with Crippen LogP contribution in [0.3, 0.4) is 0 Å². The van der Waals surface area contributed by atoms with Crippen molar-refractivity contribution in [1.29, 1.82) is 5.26 Å². The number of carbonyl (C=O) groups excluding carboxylic acids is 1. The quantitative estimate of drug-likeness (QED) is 0.383. The number of nitriles is 1. The van der Waals surface area contributed by atoms with Crippen LogP contribution in [0.2, 0.25) is 0 Å². The first-order valence-electron chi connectivity index (χ1n) is 12.5. The van der Waals surface area contributed by atoms with Crippen LogP contribution < -0.4 is 20.9 Å². The Morgan fingerprint density at radius 2 is 1.70 bits per heavy atom. The minimum atomic E-state index is -0.0646. The van der Waals surface area contributed by atoms with Gasteiger partial charge in [0.2, 0.25) is 5.91 Å². The molecule has 8 heteroatoms. The molecular weight excluding hydrogens is 466 g/mol. The molecule has 1 aliphatic rings. The number of hydrogen-bond acceptors (Lipinski definition) is 7. The summed E-state index contributed by atoms with van der Waals surface area (Å²) < 4.78 is 6.03. The van der Waals surface area contributed by atoms with Gasteiger partial charge in [-0.15, -0.1) is 0 Å². The van der Waals surface area contributed by atoms with Crippen LogP contribution >= 0.6 is 0 Å². The van der Waals surface area contributed by atoms with Crippen LogP contribution in [0.5, 0.6) is 5.75 Å². The van der Waals surface area contributed by atoms with E-state index in [-0.39, 0.29) is 12.5 Å². The van der Waals surface area contributed by atoms with E-state index >= 15 is 0 Å². The third-order valence-corrected chi connectivity index (χ3v) is 6.46. The lowest BCUT2D eigenvalue weighted by Crippen LogP contribution is -2.46. The molecule has 0 spiro atoms. The minimum absolute atomic E-state index is 0.0646. The molecule has 4 rings (SSSR count). The molecule has 8 nitrogen and oxygen atoms in total. The van der Waals surface area contributed by atoms with Gasteiger partial charge in [0.25, 0.3) is 0 Å². The van der Waals surface area contributed by atoms with Crippen molar-refractivity contribution < 1.29 is 14.4 Å². The van der Waals surface area contributed by atoms with Gasteiger partial charge in [-0.3, -0.25) is 14.5 Å². The maximum Gasteiger partial charge on any atom is 0.224 e. The highest BCUT2D eigenvalue weighted by molar-refractivity contribution is 5.93. The molecule has 1 saturated heterocycles. The molecule has 1 amide bonds. The highest BCUT2D eigenvalue weighted by atomic mass is 16.6. The Kier molecular flexibility index (Phi) is 9.49. The first kappa shape index (κ1) is 26.2. The van der Waals surface area contributed by atoms with Gasteiger partial charge in [0, 0.05) is 43.9 Å². The molecule has 3 aromatic carbocycles. The Bertz CT molecular complexity index is 1190. The summed E-state index contributed by atoms with van der Waals surface area (Å²) in [5.74, 6) is 5.85. The van der Waals surface area contributed by atoms with Crippen LogP contribution in [-0.4, -0.2) is 43.5 Å². The number of nitrogens with one attached hydrogen (secondary N) is 1. The third kappa shape index (κ3) is 7.54. The van der Waals surface area contributed by atoms with E-state index in [2.05, 4.69) is 21.2 Å².